The third kappa shape index (κ3) is 5.10. The van der Waals surface area contributed by atoms with E-state index >= 15 is 0 Å². The number of hydrogen-bond acceptors (Lipinski definition) is 4. The van der Waals surface area contributed by atoms with E-state index in [2.05, 4.69) is 10.5 Å². The monoisotopic (exact) mass is 327 g/mol. The first kappa shape index (κ1) is 17.0. The van der Waals surface area contributed by atoms with Crippen molar-refractivity contribution in [3.8, 4) is 0 Å². The highest BCUT2D eigenvalue weighted by Gasteiger charge is 2.29. The summed E-state index contributed by atoms with van der Waals surface area (Å²) in [4.78, 5) is 13.5. The molecule has 5 nitrogen and oxygen atoms in total. The van der Waals surface area contributed by atoms with Crippen LogP contribution >= 0.6 is 0 Å². The molecule has 0 spiro atoms. The number of alkyl halides is 3. The van der Waals surface area contributed by atoms with Crippen LogP contribution in [0.5, 0.6) is 0 Å². The number of likely N-dealkylation sites (N-methyl/N-ethyl adjacent to an activating group) is 1. The SMILES string of the molecule is Cc1cc(NC(=O)CN(C)Cc2ccc(C(F)(F)F)cc2)no1. The lowest BCUT2D eigenvalue weighted by molar-refractivity contribution is -0.137. The molecular weight excluding hydrogens is 311 g/mol. The fourth-order valence-electron chi connectivity index (χ4n) is 2.02. The van der Waals surface area contributed by atoms with Crippen molar-refractivity contribution in [2.45, 2.75) is 19.6 Å². The lowest BCUT2D eigenvalue weighted by Gasteiger charge is -2.16. The standard InChI is InChI=1S/C15H16F3N3O2/c1-10-7-13(20-23-10)19-14(22)9-21(2)8-11-3-5-12(6-4-11)15(16,17)18/h3-7H,8-9H2,1-2H3,(H,19,20,22). The molecule has 23 heavy (non-hydrogen) atoms. The highest BCUT2D eigenvalue weighted by molar-refractivity contribution is 5.91. The molecule has 124 valence electrons. The number of aromatic nitrogens is 1. The number of aryl methyl sites for hydroxylation is 1. The summed E-state index contributed by atoms with van der Waals surface area (Å²) in [5.74, 6) is 0.626. The Morgan fingerprint density at radius 3 is 2.48 bits per heavy atom. The summed E-state index contributed by atoms with van der Waals surface area (Å²) in [5.41, 5.74) is -0.00590. The van der Waals surface area contributed by atoms with E-state index in [1.807, 2.05) is 0 Å². The molecule has 0 saturated heterocycles. The molecule has 2 aromatic rings. The molecule has 0 radical (unpaired) electrons. The van der Waals surface area contributed by atoms with Gasteiger partial charge in [0.15, 0.2) is 5.82 Å². The second kappa shape index (κ2) is 6.82. The summed E-state index contributed by atoms with van der Waals surface area (Å²) in [5, 5.41) is 6.22. The second-order valence-electron chi connectivity index (χ2n) is 5.24. The van der Waals surface area contributed by atoms with Gasteiger partial charge in [-0.3, -0.25) is 9.69 Å². The minimum atomic E-state index is -4.35. The summed E-state index contributed by atoms with van der Waals surface area (Å²) in [6.07, 6.45) is -4.35. The van der Waals surface area contributed by atoms with Gasteiger partial charge in [-0.05, 0) is 31.7 Å². The summed E-state index contributed by atoms with van der Waals surface area (Å²) in [6.45, 7) is 2.13. The van der Waals surface area contributed by atoms with Gasteiger partial charge in [-0.25, -0.2) is 0 Å². The van der Waals surface area contributed by atoms with Gasteiger partial charge in [0.05, 0.1) is 12.1 Å². The summed E-state index contributed by atoms with van der Waals surface area (Å²) in [7, 11) is 1.70. The van der Waals surface area contributed by atoms with Gasteiger partial charge in [0.25, 0.3) is 0 Å². The number of anilines is 1. The van der Waals surface area contributed by atoms with Gasteiger partial charge in [-0.15, -0.1) is 0 Å². The van der Waals surface area contributed by atoms with Crippen molar-refractivity contribution in [3.05, 3.63) is 47.2 Å². The van der Waals surface area contributed by atoms with Crippen molar-refractivity contribution in [2.75, 3.05) is 18.9 Å². The molecule has 8 heteroatoms. The first-order chi connectivity index (χ1) is 10.7. The Morgan fingerprint density at radius 1 is 1.30 bits per heavy atom. The van der Waals surface area contributed by atoms with Crippen LogP contribution < -0.4 is 5.32 Å². The molecule has 0 aliphatic carbocycles. The summed E-state index contributed by atoms with van der Waals surface area (Å²) >= 11 is 0. The first-order valence-electron chi connectivity index (χ1n) is 6.82. The number of nitrogens with one attached hydrogen (secondary N) is 1. The second-order valence-corrected chi connectivity index (χ2v) is 5.24. The Bertz CT molecular complexity index is 665. The van der Waals surface area contributed by atoms with Crippen molar-refractivity contribution in [3.63, 3.8) is 0 Å². The fourth-order valence-corrected chi connectivity index (χ4v) is 2.02. The molecule has 1 N–H and O–H groups in total. The molecule has 0 unspecified atom stereocenters. The van der Waals surface area contributed by atoms with Crippen LogP contribution in [-0.2, 0) is 17.5 Å². The predicted molar refractivity (Wildman–Crippen MR) is 77.6 cm³/mol. The van der Waals surface area contributed by atoms with Crippen LogP contribution in [0.2, 0.25) is 0 Å². The minimum Gasteiger partial charge on any atom is -0.360 e. The number of rotatable bonds is 5. The van der Waals surface area contributed by atoms with Gasteiger partial charge < -0.3 is 9.84 Å². The molecule has 0 aliphatic heterocycles. The topological polar surface area (TPSA) is 58.4 Å². The van der Waals surface area contributed by atoms with Crippen LogP contribution in [-0.4, -0.2) is 29.6 Å². The van der Waals surface area contributed by atoms with E-state index in [0.29, 0.717) is 23.7 Å². The number of carbonyl (C=O) groups is 1. The Morgan fingerprint density at radius 2 is 1.96 bits per heavy atom. The van der Waals surface area contributed by atoms with Gasteiger partial charge >= 0.3 is 6.18 Å². The zero-order valence-corrected chi connectivity index (χ0v) is 12.6. The van der Waals surface area contributed by atoms with Crippen molar-refractivity contribution < 1.29 is 22.5 Å². The lowest BCUT2D eigenvalue weighted by atomic mass is 10.1. The van der Waals surface area contributed by atoms with Crippen LogP contribution in [0.15, 0.2) is 34.9 Å². The highest BCUT2D eigenvalue weighted by atomic mass is 19.4. The van der Waals surface area contributed by atoms with E-state index in [1.54, 1.807) is 24.9 Å². The van der Waals surface area contributed by atoms with E-state index in [0.717, 1.165) is 12.1 Å². The van der Waals surface area contributed by atoms with E-state index in [-0.39, 0.29) is 12.5 Å². The Kier molecular flexibility index (Phi) is 5.05. The average molecular weight is 327 g/mol. The number of amides is 1. The fraction of sp³-hybridized carbons (Fsp3) is 0.333. The summed E-state index contributed by atoms with van der Waals surface area (Å²) < 4.78 is 42.3. The third-order valence-electron chi connectivity index (χ3n) is 3.04. The number of hydrogen-bond donors (Lipinski definition) is 1. The molecule has 0 atom stereocenters. The summed E-state index contributed by atoms with van der Waals surface area (Å²) in [6, 6.07) is 6.45. The lowest BCUT2D eigenvalue weighted by Crippen LogP contribution is -2.29. The maximum absolute atomic E-state index is 12.5. The molecule has 0 fully saturated rings. The minimum absolute atomic E-state index is 0.0763. The molecule has 1 amide bonds. The molecule has 0 aliphatic rings. The maximum Gasteiger partial charge on any atom is 0.416 e. The van der Waals surface area contributed by atoms with Crippen molar-refractivity contribution in [1.29, 1.82) is 0 Å². The Hall–Kier alpha value is -2.35. The smallest absolute Gasteiger partial charge is 0.360 e. The van der Waals surface area contributed by atoms with E-state index in [1.165, 1.54) is 12.1 Å². The van der Waals surface area contributed by atoms with Gasteiger partial charge in [0, 0.05) is 12.6 Å². The number of carbonyl (C=O) groups excluding carboxylic acids is 1. The van der Waals surface area contributed by atoms with Crippen LogP contribution in [0.1, 0.15) is 16.9 Å². The van der Waals surface area contributed by atoms with Crippen molar-refractivity contribution >= 4 is 11.7 Å². The van der Waals surface area contributed by atoms with Crippen LogP contribution in [0.3, 0.4) is 0 Å². The van der Waals surface area contributed by atoms with E-state index < -0.39 is 11.7 Å². The molecule has 0 saturated carbocycles. The van der Waals surface area contributed by atoms with Crippen LogP contribution in [0, 0.1) is 6.92 Å². The van der Waals surface area contributed by atoms with Crippen molar-refractivity contribution in [1.82, 2.24) is 10.1 Å². The highest BCUT2D eigenvalue weighted by Crippen LogP contribution is 2.29. The van der Waals surface area contributed by atoms with E-state index in [9.17, 15) is 18.0 Å². The van der Waals surface area contributed by atoms with Gasteiger partial charge in [-0.2, -0.15) is 13.2 Å². The third-order valence-corrected chi connectivity index (χ3v) is 3.04. The number of nitrogens with zero attached hydrogens (tertiary/aromatic N) is 2. The average Bonchev–Trinajstić information content (AvgIpc) is 2.83. The van der Waals surface area contributed by atoms with Crippen LogP contribution in [0.4, 0.5) is 19.0 Å². The molecular formula is C15H16F3N3O2. The van der Waals surface area contributed by atoms with Gasteiger partial charge in [-0.1, -0.05) is 17.3 Å². The van der Waals surface area contributed by atoms with Crippen molar-refractivity contribution in [2.24, 2.45) is 0 Å². The normalized spacial score (nSPS) is 11.7. The largest absolute Gasteiger partial charge is 0.416 e. The number of benzene rings is 1. The molecule has 0 bridgehead atoms. The van der Waals surface area contributed by atoms with Gasteiger partial charge in [0.2, 0.25) is 5.91 Å². The zero-order valence-electron chi connectivity index (χ0n) is 12.6. The predicted octanol–water partition coefficient (Wildman–Crippen LogP) is 3.07. The zero-order chi connectivity index (χ0) is 17.0. The first-order valence-corrected chi connectivity index (χ1v) is 6.82. The molecule has 1 aromatic heterocycles. The molecule has 2 rings (SSSR count). The number of halogens is 3. The van der Waals surface area contributed by atoms with Crippen LogP contribution in [0.25, 0.3) is 0 Å². The van der Waals surface area contributed by atoms with E-state index in [4.69, 9.17) is 4.52 Å². The van der Waals surface area contributed by atoms with Gasteiger partial charge in [0.1, 0.15) is 5.76 Å². The molecule has 1 heterocycles. The Balaban J connectivity index is 1.86. The Labute approximate surface area is 131 Å². The maximum atomic E-state index is 12.5. The molecule has 1 aromatic carbocycles. The quantitative estimate of drug-likeness (QED) is 0.917.